The molecule has 0 saturated carbocycles. The molecular weight excluding hydrogens is 521 g/mol. The molecule has 2 aromatic carbocycles. The molecule has 3 aromatic rings. The molecule has 1 heterocycles. The van der Waals surface area contributed by atoms with E-state index in [9.17, 15) is 4.79 Å². The van der Waals surface area contributed by atoms with Crippen LogP contribution in [0.1, 0.15) is 18.2 Å². The summed E-state index contributed by atoms with van der Waals surface area (Å²) in [5, 5.41) is 9.03. The summed E-state index contributed by atoms with van der Waals surface area (Å²) < 4.78 is 10.7. The number of rotatable bonds is 9. The number of methoxy groups -OCH3 is 1. The largest absolute Gasteiger partial charge is 0.497 e. The fourth-order valence-electron chi connectivity index (χ4n) is 2.77. The van der Waals surface area contributed by atoms with Crippen LogP contribution in [-0.4, -0.2) is 37.1 Å². The number of benzene rings is 2. The van der Waals surface area contributed by atoms with E-state index in [0.29, 0.717) is 37.2 Å². The number of hydrogen-bond acceptors (Lipinski definition) is 5. The summed E-state index contributed by atoms with van der Waals surface area (Å²) in [6.45, 7) is 3.52. The van der Waals surface area contributed by atoms with Gasteiger partial charge in [-0.1, -0.05) is 30.3 Å². The Morgan fingerprint density at radius 3 is 2.50 bits per heavy atom. The molecule has 0 aliphatic rings. The maximum atomic E-state index is 12.2. The average molecular weight is 549 g/mol. The monoisotopic (exact) mass is 549 g/mol. The third kappa shape index (κ3) is 7.88. The van der Waals surface area contributed by atoms with Crippen LogP contribution in [0.25, 0.3) is 11.5 Å². The first-order valence-corrected chi connectivity index (χ1v) is 10.1. The minimum Gasteiger partial charge on any atom is -0.497 e. The summed E-state index contributed by atoms with van der Waals surface area (Å²) >= 11 is 0. The quantitative estimate of drug-likeness (QED) is 0.215. The summed E-state index contributed by atoms with van der Waals surface area (Å²) in [7, 11) is 1.62. The molecule has 8 nitrogen and oxygen atoms in total. The molecule has 0 aliphatic heterocycles. The first-order valence-electron chi connectivity index (χ1n) is 10.1. The first kappa shape index (κ1) is 25.2. The summed E-state index contributed by atoms with van der Waals surface area (Å²) in [5.41, 5.74) is 2.62. The van der Waals surface area contributed by atoms with E-state index in [1.54, 1.807) is 13.4 Å². The SMILES string of the molecule is CCNC(=NCc1coc(-c2ccccc2)n1)NCC(=O)NCc1ccc(OC)cc1.I. The van der Waals surface area contributed by atoms with Gasteiger partial charge in [-0.25, -0.2) is 9.98 Å². The van der Waals surface area contributed by atoms with Gasteiger partial charge < -0.3 is 25.1 Å². The molecule has 0 radical (unpaired) electrons. The molecule has 3 rings (SSSR count). The lowest BCUT2D eigenvalue weighted by Gasteiger charge is -2.11. The van der Waals surface area contributed by atoms with Crippen LogP contribution in [0.3, 0.4) is 0 Å². The fourth-order valence-corrected chi connectivity index (χ4v) is 2.77. The second-order valence-corrected chi connectivity index (χ2v) is 6.68. The van der Waals surface area contributed by atoms with Crippen LogP contribution in [0.4, 0.5) is 0 Å². The van der Waals surface area contributed by atoms with Crippen molar-refractivity contribution in [2.24, 2.45) is 4.99 Å². The lowest BCUT2D eigenvalue weighted by atomic mass is 10.2. The van der Waals surface area contributed by atoms with Crippen molar-refractivity contribution in [1.82, 2.24) is 20.9 Å². The zero-order valence-corrected chi connectivity index (χ0v) is 20.5. The third-order valence-electron chi connectivity index (χ3n) is 4.38. The standard InChI is InChI=1S/C23H27N5O3.HI/c1-3-24-23(26-14-19-16-31-22(28-19)18-7-5-4-6-8-18)27-15-21(29)25-13-17-9-11-20(30-2)12-10-17;/h4-12,16H,3,13-15H2,1-2H3,(H,25,29)(H2,24,26,27);1H. The van der Waals surface area contributed by atoms with E-state index in [2.05, 4.69) is 25.9 Å². The number of nitrogens with one attached hydrogen (secondary N) is 3. The van der Waals surface area contributed by atoms with Crippen LogP contribution >= 0.6 is 24.0 Å². The highest BCUT2D eigenvalue weighted by Crippen LogP contribution is 2.18. The Balaban J connectivity index is 0.00000363. The van der Waals surface area contributed by atoms with Crippen LogP contribution < -0.4 is 20.7 Å². The number of amides is 1. The van der Waals surface area contributed by atoms with Gasteiger partial charge in [0.05, 0.1) is 20.2 Å². The number of guanidine groups is 1. The number of hydrogen-bond donors (Lipinski definition) is 3. The van der Waals surface area contributed by atoms with Gasteiger partial charge in [0.1, 0.15) is 17.7 Å². The van der Waals surface area contributed by atoms with Crippen molar-refractivity contribution in [3.63, 3.8) is 0 Å². The number of nitrogens with zero attached hydrogens (tertiary/aromatic N) is 2. The Morgan fingerprint density at radius 2 is 1.81 bits per heavy atom. The third-order valence-corrected chi connectivity index (χ3v) is 4.38. The van der Waals surface area contributed by atoms with Crippen LogP contribution in [0, 0.1) is 0 Å². The minimum absolute atomic E-state index is 0. The number of aromatic nitrogens is 1. The van der Waals surface area contributed by atoms with Gasteiger partial charge >= 0.3 is 0 Å². The zero-order chi connectivity index (χ0) is 21.9. The highest BCUT2D eigenvalue weighted by atomic mass is 127. The fraction of sp³-hybridized carbons (Fsp3) is 0.261. The lowest BCUT2D eigenvalue weighted by molar-refractivity contribution is -0.120. The van der Waals surface area contributed by atoms with Gasteiger partial charge in [-0.3, -0.25) is 4.79 Å². The summed E-state index contributed by atoms with van der Waals surface area (Å²) in [4.78, 5) is 21.1. The highest BCUT2D eigenvalue weighted by molar-refractivity contribution is 14.0. The molecule has 0 spiro atoms. The summed E-state index contributed by atoms with van der Waals surface area (Å²) in [5.74, 6) is 1.74. The van der Waals surface area contributed by atoms with Gasteiger partial charge in [0.2, 0.25) is 11.8 Å². The molecule has 170 valence electrons. The van der Waals surface area contributed by atoms with Crippen molar-refractivity contribution in [3.8, 4) is 17.2 Å². The van der Waals surface area contributed by atoms with Crippen LogP contribution in [0.2, 0.25) is 0 Å². The molecule has 1 aromatic heterocycles. The molecule has 1 amide bonds. The Labute approximate surface area is 204 Å². The van der Waals surface area contributed by atoms with E-state index in [1.807, 2.05) is 61.5 Å². The Bertz CT molecular complexity index is 990. The number of aliphatic imine (C=N–C) groups is 1. The maximum Gasteiger partial charge on any atom is 0.239 e. The van der Waals surface area contributed by atoms with Crippen molar-refractivity contribution in [2.45, 2.75) is 20.0 Å². The van der Waals surface area contributed by atoms with Gasteiger partial charge in [0.25, 0.3) is 0 Å². The highest BCUT2D eigenvalue weighted by Gasteiger charge is 2.07. The van der Waals surface area contributed by atoms with E-state index in [1.165, 1.54) is 0 Å². The molecule has 0 unspecified atom stereocenters. The Kier molecular flexibility index (Phi) is 10.5. The summed E-state index contributed by atoms with van der Waals surface area (Å²) in [6, 6.07) is 17.3. The topological polar surface area (TPSA) is 101 Å². The minimum atomic E-state index is -0.130. The Hall–Kier alpha value is -3.08. The number of halogens is 1. The molecule has 0 saturated heterocycles. The van der Waals surface area contributed by atoms with Crippen molar-refractivity contribution in [2.75, 3.05) is 20.2 Å². The van der Waals surface area contributed by atoms with E-state index in [0.717, 1.165) is 16.9 Å². The smallest absolute Gasteiger partial charge is 0.239 e. The average Bonchev–Trinajstić information content (AvgIpc) is 3.29. The van der Waals surface area contributed by atoms with Gasteiger partial charge in [0.15, 0.2) is 5.96 Å². The molecule has 9 heteroatoms. The predicted molar refractivity (Wildman–Crippen MR) is 135 cm³/mol. The van der Waals surface area contributed by atoms with Crippen molar-refractivity contribution >= 4 is 35.8 Å². The van der Waals surface area contributed by atoms with Crippen LogP contribution in [-0.2, 0) is 17.9 Å². The van der Waals surface area contributed by atoms with E-state index < -0.39 is 0 Å². The molecule has 0 aliphatic carbocycles. The van der Waals surface area contributed by atoms with Crippen LogP contribution in [0.15, 0.2) is 70.3 Å². The first-order chi connectivity index (χ1) is 15.2. The van der Waals surface area contributed by atoms with Crippen molar-refractivity contribution < 1.29 is 13.9 Å². The number of carbonyl (C=O) groups excluding carboxylic acids is 1. The normalized spacial score (nSPS) is 10.8. The zero-order valence-electron chi connectivity index (χ0n) is 18.1. The van der Waals surface area contributed by atoms with Gasteiger partial charge in [-0.2, -0.15) is 0 Å². The van der Waals surface area contributed by atoms with Crippen molar-refractivity contribution in [1.29, 1.82) is 0 Å². The predicted octanol–water partition coefficient (Wildman–Crippen LogP) is 3.34. The molecule has 0 atom stereocenters. The molecular formula is C23H28IN5O3. The number of carbonyl (C=O) groups is 1. The number of oxazole rings is 1. The lowest BCUT2D eigenvalue weighted by Crippen LogP contribution is -2.43. The molecule has 3 N–H and O–H groups in total. The molecule has 0 bridgehead atoms. The Morgan fingerprint density at radius 1 is 1.06 bits per heavy atom. The van der Waals surface area contributed by atoms with E-state index in [-0.39, 0.29) is 36.4 Å². The second kappa shape index (κ2) is 13.4. The second-order valence-electron chi connectivity index (χ2n) is 6.68. The van der Waals surface area contributed by atoms with Crippen LogP contribution in [0.5, 0.6) is 5.75 Å². The van der Waals surface area contributed by atoms with Crippen molar-refractivity contribution in [3.05, 3.63) is 72.1 Å². The molecule has 0 fully saturated rings. The van der Waals surface area contributed by atoms with Gasteiger partial charge in [-0.15, -0.1) is 24.0 Å². The van der Waals surface area contributed by atoms with Gasteiger partial charge in [-0.05, 0) is 36.8 Å². The maximum absolute atomic E-state index is 12.2. The van der Waals surface area contributed by atoms with E-state index >= 15 is 0 Å². The summed E-state index contributed by atoms with van der Waals surface area (Å²) in [6.07, 6.45) is 1.59. The number of ether oxygens (including phenoxy) is 1. The molecule has 32 heavy (non-hydrogen) atoms. The van der Waals surface area contributed by atoms with Gasteiger partial charge in [0, 0.05) is 18.7 Å². The van der Waals surface area contributed by atoms with E-state index in [4.69, 9.17) is 9.15 Å².